The Hall–Kier alpha value is -1.04. The summed E-state index contributed by atoms with van der Waals surface area (Å²) in [5.41, 5.74) is 1.08. The molecule has 0 spiro atoms. The number of nitrogens with zero attached hydrogens (tertiary/aromatic N) is 2. The first-order valence-electron chi connectivity index (χ1n) is 11.5. The number of halogens is 2. The zero-order valence-corrected chi connectivity index (χ0v) is 27.2. The number of benzene rings is 2. The minimum absolute atomic E-state index is 0.426. The van der Waals surface area contributed by atoms with Gasteiger partial charge in [0.15, 0.2) is 10.1 Å². The number of hydrogen-bond acceptors (Lipinski definition) is 9. The van der Waals surface area contributed by atoms with Gasteiger partial charge in [-0.25, -0.2) is 16.8 Å². The Balaban J connectivity index is 0.000000505. The summed E-state index contributed by atoms with van der Waals surface area (Å²) in [5.74, 6) is -1.57. The molecule has 2 aromatic carbocycles. The van der Waals surface area contributed by atoms with Crippen LogP contribution in [0.4, 0.5) is 5.69 Å². The van der Waals surface area contributed by atoms with E-state index in [9.17, 15) is 25.9 Å². The third-order valence-corrected chi connectivity index (χ3v) is 10.1. The molecule has 208 valence electrons. The molecule has 0 aliphatic carbocycles. The van der Waals surface area contributed by atoms with Gasteiger partial charge in [-0.3, -0.25) is 0 Å². The molecule has 9 nitrogen and oxygen atoms in total. The van der Waals surface area contributed by atoms with Gasteiger partial charge in [0.2, 0.25) is 11.4 Å². The smallest absolute Gasteiger partial charge is 0.266 e. The van der Waals surface area contributed by atoms with E-state index in [1.807, 2.05) is 0 Å². The summed E-state index contributed by atoms with van der Waals surface area (Å²) >= 11 is 9.18. The Bertz CT molecular complexity index is 1550. The summed E-state index contributed by atoms with van der Waals surface area (Å²) in [4.78, 5) is 3.79. The Kier molecular flexibility index (Phi) is 10.8. The first kappa shape index (κ1) is 31.5. The van der Waals surface area contributed by atoms with Crippen molar-refractivity contribution in [2.45, 2.75) is 31.5 Å². The number of aromatic nitrogens is 1. The van der Waals surface area contributed by atoms with Crippen LogP contribution in [-0.2, 0) is 26.1 Å². The number of nitrogens with one attached hydrogen (secondary N) is 1. The number of fused-ring (bicyclic) bond motifs is 2. The fourth-order valence-electron chi connectivity index (χ4n) is 3.80. The zero-order valence-electron chi connectivity index (χ0n) is 20.8. The fraction of sp³-hybridized carbons (Fsp3) is 0.348. The highest BCUT2D eigenvalue weighted by molar-refractivity contribution is 9.10. The van der Waals surface area contributed by atoms with Crippen LogP contribution in [0.15, 0.2) is 55.3 Å². The first-order valence-corrected chi connectivity index (χ1v) is 17.9. The van der Waals surface area contributed by atoms with Gasteiger partial charge in [0, 0.05) is 19.9 Å². The summed E-state index contributed by atoms with van der Waals surface area (Å²) in [6, 6.07) is 10.6. The number of thiazole rings is 1. The summed E-state index contributed by atoms with van der Waals surface area (Å²) in [7, 11) is -9.21. The van der Waals surface area contributed by atoms with Crippen molar-refractivity contribution in [1.29, 1.82) is 0 Å². The molecule has 15 heteroatoms. The molecule has 0 saturated heterocycles. The number of quaternary nitrogens is 1. The molecule has 0 radical (unpaired) electrons. The van der Waals surface area contributed by atoms with Crippen molar-refractivity contribution in [2.24, 2.45) is 0 Å². The highest BCUT2D eigenvalue weighted by Gasteiger charge is 2.30. The first-order chi connectivity index (χ1) is 17.7. The van der Waals surface area contributed by atoms with Crippen LogP contribution in [0.5, 0.6) is 0 Å². The lowest BCUT2D eigenvalue weighted by atomic mass is 10.3. The topological polar surface area (TPSA) is 126 Å². The minimum atomic E-state index is -4.61. The second-order valence-electron chi connectivity index (χ2n) is 8.29. The molecule has 0 saturated carbocycles. The summed E-state index contributed by atoms with van der Waals surface area (Å²) in [5, 5.41) is 0.852. The van der Waals surface area contributed by atoms with Crippen LogP contribution in [0.2, 0.25) is 0 Å². The summed E-state index contributed by atoms with van der Waals surface area (Å²) in [6.07, 6.45) is 1.59. The highest BCUT2D eigenvalue weighted by Crippen LogP contribution is 2.48. The van der Waals surface area contributed by atoms with E-state index in [0.717, 1.165) is 9.60 Å². The maximum Gasteiger partial charge on any atom is 0.266 e. The zero-order chi connectivity index (χ0) is 28.3. The van der Waals surface area contributed by atoms with Crippen molar-refractivity contribution in [3.05, 3.63) is 55.4 Å². The normalized spacial score (nSPS) is 14.7. The van der Waals surface area contributed by atoms with Gasteiger partial charge in [0.1, 0.15) is 20.7 Å². The SMILES string of the molecule is CC[NH+](CC)CC.O=S(=O)([O-])CN1C(=Cc2sc3ccc(Br)cc3[n+]2CS(=O)(=O)[O-])Sc2ccc(Br)cc21. The van der Waals surface area contributed by atoms with E-state index in [1.165, 1.54) is 52.2 Å². The Labute approximate surface area is 248 Å². The van der Waals surface area contributed by atoms with Crippen molar-refractivity contribution < 1.29 is 35.4 Å². The van der Waals surface area contributed by atoms with Crippen LogP contribution < -0.4 is 14.4 Å². The molecule has 0 amide bonds. The highest BCUT2D eigenvalue weighted by atomic mass is 79.9. The van der Waals surface area contributed by atoms with Gasteiger partial charge in [-0.05, 0) is 51.1 Å². The monoisotopic (exact) mass is 727 g/mol. The van der Waals surface area contributed by atoms with Crippen molar-refractivity contribution in [3.63, 3.8) is 0 Å². The maximum atomic E-state index is 11.5. The average molecular weight is 730 g/mol. The molecule has 0 fully saturated rings. The van der Waals surface area contributed by atoms with Gasteiger partial charge < -0.3 is 18.9 Å². The molecule has 1 N–H and O–H groups in total. The van der Waals surface area contributed by atoms with Crippen LogP contribution in [0.25, 0.3) is 16.3 Å². The molecule has 2 heterocycles. The molecular weight excluding hydrogens is 702 g/mol. The van der Waals surface area contributed by atoms with E-state index < -0.39 is 32.0 Å². The molecule has 1 aliphatic heterocycles. The maximum absolute atomic E-state index is 11.5. The number of thioether (sulfide) groups is 1. The van der Waals surface area contributed by atoms with Gasteiger partial charge >= 0.3 is 0 Å². The van der Waals surface area contributed by atoms with E-state index in [-0.39, 0.29) is 0 Å². The van der Waals surface area contributed by atoms with Gasteiger partial charge in [-0.2, -0.15) is 4.57 Å². The molecular formula is C23H27Br2N3O6S4. The van der Waals surface area contributed by atoms with Gasteiger partial charge in [-0.15, -0.1) is 0 Å². The van der Waals surface area contributed by atoms with Crippen molar-refractivity contribution in [3.8, 4) is 0 Å². The average Bonchev–Trinajstić information content (AvgIpc) is 3.31. The summed E-state index contributed by atoms with van der Waals surface area (Å²) < 4.78 is 72.8. The molecule has 1 aliphatic rings. The van der Waals surface area contributed by atoms with Gasteiger partial charge in [0.05, 0.1) is 36.4 Å². The van der Waals surface area contributed by atoms with Crippen LogP contribution in [0.3, 0.4) is 0 Å². The molecule has 0 unspecified atom stereocenters. The van der Waals surface area contributed by atoms with Crippen LogP contribution >= 0.6 is 55.0 Å². The third kappa shape index (κ3) is 8.48. The Morgan fingerprint density at radius 2 is 1.55 bits per heavy atom. The standard InChI is InChI=1S/C17H12Br2N2O6S4.C6H15N/c18-10-1-3-14-12(5-10)20(8-30(22,23)24)16(28-14)7-17-21(9-31(25,26)27)13-6-11(19)2-4-15(13)29-17;1-4-7(5-2)6-3/h1-7H,8-9H2,(H-,22,23,24,25,26,27);4-6H2,1-3H3. The van der Waals surface area contributed by atoms with Crippen LogP contribution in [0, 0.1) is 0 Å². The number of anilines is 1. The number of hydrogen-bond donors (Lipinski definition) is 1. The fourth-order valence-corrected chi connectivity index (χ4v) is 8.08. The lowest BCUT2D eigenvalue weighted by Crippen LogP contribution is -3.11. The lowest BCUT2D eigenvalue weighted by molar-refractivity contribution is -0.894. The van der Waals surface area contributed by atoms with E-state index >= 15 is 0 Å². The van der Waals surface area contributed by atoms with Crippen LogP contribution in [-0.4, -0.2) is 51.5 Å². The van der Waals surface area contributed by atoms with Crippen molar-refractivity contribution in [1.82, 2.24) is 0 Å². The molecule has 1 aromatic heterocycles. The quantitative estimate of drug-likeness (QED) is 0.276. The predicted molar refractivity (Wildman–Crippen MR) is 157 cm³/mol. The largest absolute Gasteiger partial charge is 0.747 e. The lowest BCUT2D eigenvalue weighted by Gasteiger charge is -2.21. The number of rotatable bonds is 8. The molecule has 0 bridgehead atoms. The van der Waals surface area contributed by atoms with Crippen LogP contribution in [0.1, 0.15) is 25.8 Å². The van der Waals surface area contributed by atoms with Gasteiger partial charge in [-0.1, -0.05) is 55.0 Å². The summed E-state index contributed by atoms with van der Waals surface area (Å²) in [6.45, 7) is 10.5. The second-order valence-corrected chi connectivity index (χ2v) is 15.0. The molecule has 4 rings (SSSR count). The van der Waals surface area contributed by atoms with E-state index in [2.05, 4.69) is 52.6 Å². The Morgan fingerprint density at radius 3 is 2.11 bits per heavy atom. The molecule has 38 heavy (non-hydrogen) atoms. The minimum Gasteiger partial charge on any atom is -0.747 e. The molecule has 0 atom stereocenters. The Morgan fingerprint density at radius 1 is 0.947 bits per heavy atom. The van der Waals surface area contributed by atoms with Gasteiger partial charge in [0.25, 0.3) is 5.01 Å². The second kappa shape index (κ2) is 13.1. The van der Waals surface area contributed by atoms with E-state index in [4.69, 9.17) is 0 Å². The third-order valence-electron chi connectivity index (χ3n) is 5.71. The predicted octanol–water partition coefficient (Wildman–Crippen LogP) is 3.56. The van der Waals surface area contributed by atoms with Crippen molar-refractivity contribution in [2.75, 3.05) is 30.4 Å². The van der Waals surface area contributed by atoms with E-state index in [1.54, 1.807) is 47.4 Å². The van der Waals surface area contributed by atoms with Crippen molar-refractivity contribution >= 4 is 97.2 Å². The van der Waals surface area contributed by atoms with E-state index in [0.29, 0.717) is 30.2 Å². The molecule has 3 aromatic rings.